The second kappa shape index (κ2) is 16.7. The Hall–Kier alpha value is 0.263. The molecule has 2 aromatic heterocycles. The molecule has 4 rings (SSSR count). The average molecular weight is 517 g/mol. The van der Waals surface area contributed by atoms with Crippen molar-refractivity contribution in [3.63, 3.8) is 0 Å². The summed E-state index contributed by atoms with van der Waals surface area (Å²) in [7, 11) is 0. The van der Waals surface area contributed by atoms with E-state index in [1.807, 2.05) is 48.5 Å². The molecule has 0 spiro atoms. The Morgan fingerprint density at radius 2 is 0.958 bits per heavy atom. The largest absolute Gasteiger partial charge is 4.00 e. The molecule has 0 aliphatic rings. The molecule has 2 aromatic carbocycles. The molecule has 0 N–H and O–H groups in total. The maximum Gasteiger partial charge on any atom is 4.00 e. The summed E-state index contributed by atoms with van der Waals surface area (Å²) in [6, 6.07) is 16.0. The van der Waals surface area contributed by atoms with Gasteiger partial charge in [-0.1, -0.05) is 42.7 Å². The molecule has 0 saturated carbocycles. The Labute approximate surface area is 194 Å². The van der Waals surface area contributed by atoms with Gasteiger partial charge in [0.15, 0.2) is 0 Å². The third kappa shape index (κ3) is 8.57. The van der Waals surface area contributed by atoms with Gasteiger partial charge in [0.05, 0.1) is 0 Å². The van der Waals surface area contributed by atoms with Crippen LogP contribution < -0.4 is 49.6 Å². The van der Waals surface area contributed by atoms with E-state index in [0.29, 0.717) is 0 Å². The van der Waals surface area contributed by atoms with Crippen LogP contribution in [0.3, 0.4) is 0 Å². The summed E-state index contributed by atoms with van der Waals surface area (Å²) >= 11 is 3.10. The second-order valence-corrected chi connectivity index (χ2v) is 5.20. The molecule has 0 aliphatic heterocycles. The van der Waals surface area contributed by atoms with Crippen LogP contribution in [0, 0.1) is 11.0 Å². The zero-order chi connectivity index (χ0) is 12.2. The van der Waals surface area contributed by atoms with Gasteiger partial charge in [0.25, 0.3) is 0 Å². The first kappa shape index (κ1) is 32.0. The molecule has 2 nitrogen and oxygen atoms in total. The first-order valence-electron chi connectivity index (χ1n) is 5.37. The van der Waals surface area contributed by atoms with Crippen LogP contribution in [-0.2, 0) is 26.2 Å². The Kier molecular flexibility index (Phi) is 22.3. The molecule has 0 fully saturated rings. The van der Waals surface area contributed by atoms with Gasteiger partial charge in [-0.25, -0.2) is 0 Å². The van der Waals surface area contributed by atoms with Crippen LogP contribution >= 0.6 is 22.7 Å². The minimum absolute atomic E-state index is 0. The van der Waals surface area contributed by atoms with Crippen LogP contribution in [0.1, 0.15) is 7.43 Å². The van der Waals surface area contributed by atoms with Crippen LogP contribution in [0.2, 0.25) is 0 Å². The Balaban J connectivity index is -0.000000133. The monoisotopic (exact) mass is 514 g/mol. The van der Waals surface area contributed by atoms with E-state index in [9.17, 15) is 0 Å². The van der Waals surface area contributed by atoms with Crippen LogP contribution in [0.5, 0.6) is 0 Å². The van der Waals surface area contributed by atoms with Crippen molar-refractivity contribution in [1.29, 1.82) is 0 Å². The maximum absolute atomic E-state index is 4.01. The van der Waals surface area contributed by atoms with Crippen molar-refractivity contribution in [3.05, 3.63) is 59.6 Å². The number of fused-ring (bicyclic) bond motifs is 2. The van der Waals surface area contributed by atoms with Gasteiger partial charge in [0.1, 0.15) is 0 Å². The van der Waals surface area contributed by atoms with Gasteiger partial charge >= 0.3 is 26.2 Å². The van der Waals surface area contributed by atoms with Crippen LogP contribution in [0.15, 0.2) is 48.5 Å². The van der Waals surface area contributed by atoms with E-state index in [1.54, 1.807) is 22.7 Å². The van der Waals surface area contributed by atoms with Crippen molar-refractivity contribution in [1.82, 2.24) is 9.97 Å². The van der Waals surface area contributed by atoms with Crippen molar-refractivity contribution >= 4 is 43.1 Å². The summed E-state index contributed by atoms with van der Waals surface area (Å²) in [5.74, 6) is 0. The number of hydrogen-bond acceptors (Lipinski definition) is 4. The van der Waals surface area contributed by atoms with Gasteiger partial charge in [-0.05, 0) is 11.0 Å². The summed E-state index contributed by atoms with van der Waals surface area (Å²) in [5.41, 5.74) is 7.75. The number of benzene rings is 2. The molecule has 0 saturated heterocycles. The fourth-order valence-corrected chi connectivity index (χ4v) is 2.73. The molecule has 128 valence electrons. The Morgan fingerprint density at radius 3 is 1.29 bits per heavy atom. The number of para-hydroxylation sites is 2. The molecule has 0 radical (unpaired) electrons. The first-order valence-corrected chi connectivity index (χ1v) is 7.00. The molecule has 0 atom stereocenters. The topological polar surface area (TPSA) is 25.8 Å². The SMILES string of the molecule is C.[Cl-].[Cl-].[Cl-].[Cl-].[Zr+4].[c-]1nc2ccccc2s1.[c-]1nc2ccccc2s1. The van der Waals surface area contributed by atoms with Crippen molar-refractivity contribution in [2.45, 2.75) is 7.43 Å². The molecule has 24 heavy (non-hydrogen) atoms. The van der Waals surface area contributed by atoms with Gasteiger partial charge < -0.3 is 59.6 Å². The third-order valence-electron chi connectivity index (χ3n) is 2.37. The number of thiazole rings is 2. The van der Waals surface area contributed by atoms with E-state index in [0.717, 1.165) is 11.0 Å². The normalized spacial score (nSPS) is 7.67. The van der Waals surface area contributed by atoms with Crippen molar-refractivity contribution < 1.29 is 75.8 Å². The fourth-order valence-electron chi connectivity index (χ4n) is 1.51. The Morgan fingerprint density at radius 1 is 0.625 bits per heavy atom. The molecule has 0 bridgehead atoms. The maximum atomic E-state index is 4.01. The number of hydrogen-bond donors (Lipinski definition) is 0. The van der Waals surface area contributed by atoms with E-state index in [1.165, 1.54) is 9.40 Å². The zero-order valence-electron chi connectivity index (χ0n) is 11.3. The first-order chi connectivity index (χ1) is 8.93. The summed E-state index contributed by atoms with van der Waals surface area (Å²) in [6.45, 7) is 0. The predicted molar refractivity (Wildman–Crippen MR) is 83.6 cm³/mol. The van der Waals surface area contributed by atoms with Crippen molar-refractivity contribution in [2.75, 3.05) is 0 Å². The number of aromatic nitrogens is 2. The van der Waals surface area contributed by atoms with Crippen LogP contribution in [0.25, 0.3) is 20.4 Å². The molecular formula is C15H12Cl4N2S2Zr-2. The summed E-state index contributed by atoms with van der Waals surface area (Å²) in [5, 5.41) is 0. The molecule has 9 heteroatoms. The van der Waals surface area contributed by atoms with Crippen LogP contribution in [-0.4, -0.2) is 9.97 Å². The standard InChI is InChI=1S/2C7H4NS.CH4.4ClH.Zr/c2*1-2-4-7-6(3-1)8-5-9-7;;;;;;/h2*1-4H;1H4;4*1H;/q2*-1;;;;;;+4/p-4. The molecule has 4 aromatic rings. The molecule has 0 unspecified atom stereocenters. The average Bonchev–Trinajstić information content (AvgIpc) is 3.08. The van der Waals surface area contributed by atoms with Gasteiger partial charge in [-0.2, -0.15) is 0 Å². The Bertz CT molecular complexity index is 653. The number of rotatable bonds is 0. The minimum Gasteiger partial charge on any atom is -1.00 e. The smallest absolute Gasteiger partial charge is 1.00 e. The molecular weight excluding hydrogens is 505 g/mol. The number of nitrogens with zero attached hydrogens (tertiary/aromatic N) is 2. The van der Waals surface area contributed by atoms with Crippen molar-refractivity contribution in [3.8, 4) is 0 Å². The van der Waals surface area contributed by atoms with Gasteiger partial charge in [0.2, 0.25) is 0 Å². The summed E-state index contributed by atoms with van der Waals surface area (Å²) < 4.78 is 2.41. The second-order valence-electron chi connectivity index (χ2n) is 3.55. The predicted octanol–water partition coefficient (Wildman–Crippen LogP) is -7.16. The van der Waals surface area contributed by atoms with E-state index in [4.69, 9.17) is 0 Å². The van der Waals surface area contributed by atoms with E-state index < -0.39 is 0 Å². The third-order valence-corrected chi connectivity index (χ3v) is 3.87. The summed E-state index contributed by atoms with van der Waals surface area (Å²) in [4.78, 5) is 8.02. The molecule has 2 heterocycles. The zero-order valence-corrected chi connectivity index (χ0v) is 18.5. The van der Waals surface area contributed by atoms with E-state index in [-0.39, 0.29) is 83.3 Å². The molecule has 0 aliphatic carbocycles. The van der Waals surface area contributed by atoms with Crippen LogP contribution in [0.4, 0.5) is 0 Å². The van der Waals surface area contributed by atoms with Crippen molar-refractivity contribution in [2.24, 2.45) is 0 Å². The summed E-state index contributed by atoms with van der Waals surface area (Å²) in [6.07, 6.45) is 0. The molecule has 0 amide bonds. The van der Waals surface area contributed by atoms with E-state index in [2.05, 4.69) is 21.0 Å². The quantitative estimate of drug-likeness (QED) is 0.217. The van der Waals surface area contributed by atoms with Gasteiger partial charge in [-0.15, -0.1) is 33.7 Å². The van der Waals surface area contributed by atoms with Gasteiger partial charge in [0, 0.05) is 0 Å². The van der Waals surface area contributed by atoms with E-state index >= 15 is 0 Å². The fraction of sp³-hybridized carbons (Fsp3) is 0.0667. The van der Waals surface area contributed by atoms with Gasteiger partial charge in [-0.3, -0.25) is 22.7 Å². The minimum atomic E-state index is 0. The number of halogens is 4.